The van der Waals surface area contributed by atoms with Gasteiger partial charge in [-0.25, -0.2) is 4.79 Å². The molecule has 4 nitrogen and oxygen atoms in total. The van der Waals surface area contributed by atoms with Crippen molar-refractivity contribution in [1.82, 2.24) is 5.32 Å². The van der Waals surface area contributed by atoms with E-state index in [1.807, 2.05) is 0 Å². The van der Waals surface area contributed by atoms with E-state index in [-0.39, 0.29) is 11.5 Å². The Labute approximate surface area is 124 Å². The van der Waals surface area contributed by atoms with Gasteiger partial charge in [0, 0.05) is 18.7 Å². The zero-order valence-electron chi connectivity index (χ0n) is 11.7. The van der Waals surface area contributed by atoms with Gasteiger partial charge in [0.25, 0.3) is 0 Å². The Morgan fingerprint density at radius 1 is 1.20 bits per heavy atom. The lowest BCUT2D eigenvalue weighted by atomic mass is 10.1. The van der Waals surface area contributed by atoms with Gasteiger partial charge in [-0.05, 0) is 29.9 Å². The number of unbranched alkanes of at least 4 members (excludes halogenated alkanes) is 1. The third kappa shape index (κ3) is 6.61. The number of hydrogen-bond acceptors (Lipinski definition) is 3. The summed E-state index contributed by atoms with van der Waals surface area (Å²) in [6.07, 6.45) is 2.91. The van der Waals surface area contributed by atoms with Gasteiger partial charge >= 0.3 is 5.97 Å². The van der Waals surface area contributed by atoms with Crippen molar-refractivity contribution in [3.63, 3.8) is 0 Å². The Morgan fingerprint density at radius 3 is 2.50 bits per heavy atom. The molecule has 0 saturated carbocycles. The molecular formula is C15H21NO3S. The maximum atomic E-state index is 11.6. The maximum absolute atomic E-state index is 11.6. The van der Waals surface area contributed by atoms with Crippen LogP contribution in [-0.4, -0.2) is 28.5 Å². The molecule has 0 radical (unpaired) electrons. The standard InChI is InChI=1S/C15H21NO3S/c1-2-3-9-20-10-8-14(17)16-11-12-4-6-13(7-5-12)15(18)19/h4-7H,2-3,8-11H2,1H3,(H,16,17)(H,18,19). The molecule has 1 amide bonds. The van der Waals surface area contributed by atoms with Gasteiger partial charge in [0.15, 0.2) is 0 Å². The molecule has 0 aromatic heterocycles. The van der Waals surface area contributed by atoms with E-state index < -0.39 is 5.97 Å². The van der Waals surface area contributed by atoms with Crippen molar-refractivity contribution in [1.29, 1.82) is 0 Å². The van der Waals surface area contributed by atoms with Crippen molar-refractivity contribution in [3.8, 4) is 0 Å². The molecule has 1 rings (SSSR count). The molecule has 0 aliphatic heterocycles. The van der Waals surface area contributed by atoms with Crippen molar-refractivity contribution in [2.24, 2.45) is 0 Å². The zero-order chi connectivity index (χ0) is 14.8. The minimum Gasteiger partial charge on any atom is -0.478 e. The van der Waals surface area contributed by atoms with Gasteiger partial charge in [-0.1, -0.05) is 25.5 Å². The quantitative estimate of drug-likeness (QED) is 0.687. The third-order valence-corrected chi connectivity index (χ3v) is 3.88. The Kier molecular flexibility index (Phi) is 7.80. The molecule has 0 atom stereocenters. The van der Waals surface area contributed by atoms with E-state index in [1.165, 1.54) is 12.8 Å². The van der Waals surface area contributed by atoms with Gasteiger partial charge in [-0.15, -0.1) is 0 Å². The summed E-state index contributed by atoms with van der Waals surface area (Å²) in [5, 5.41) is 11.6. The molecule has 0 saturated heterocycles. The van der Waals surface area contributed by atoms with E-state index in [2.05, 4.69) is 12.2 Å². The number of hydrogen-bond donors (Lipinski definition) is 2. The molecule has 0 unspecified atom stereocenters. The van der Waals surface area contributed by atoms with Crippen LogP contribution < -0.4 is 5.32 Å². The number of aromatic carboxylic acids is 1. The summed E-state index contributed by atoms with van der Waals surface area (Å²) < 4.78 is 0. The van der Waals surface area contributed by atoms with Crippen molar-refractivity contribution in [3.05, 3.63) is 35.4 Å². The van der Waals surface area contributed by atoms with Crippen LogP contribution in [0.4, 0.5) is 0 Å². The van der Waals surface area contributed by atoms with Crippen LogP contribution in [0.2, 0.25) is 0 Å². The first-order valence-corrected chi connectivity index (χ1v) is 7.95. The summed E-state index contributed by atoms with van der Waals surface area (Å²) in [6.45, 7) is 2.60. The third-order valence-electron chi connectivity index (χ3n) is 2.81. The molecule has 0 aliphatic carbocycles. The molecule has 0 bridgehead atoms. The summed E-state index contributed by atoms with van der Waals surface area (Å²) >= 11 is 1.81. The Morgan fingerprint density at radius 2 is 1.90 bits per heavy atom. The highest BCUT2D eigenvalue weighted by atomic mass is 32.2. The maximum Gasteiger partial charge on any atom is 0.335 e. The lowest BCUT2D eigenvalue weighted by molar-refractivity contribution is -0.120. The van der Waals surface area contributed by atoms with Gasteiger partial charge in [-0.2, -0.15) is 11.8 Å². The molecule has 0 spiro atoms. The van der Waals surface area contributed by atoms with Crippen LogP contribution in [-0.2, 0) is 11.3 Å². The summed E-state index contributed by atoms with van der Waals surface area (Å²) in [7, 11) is 0. The number of carboxylic acids is 1. The second kappa shape index (κ2) is 9.42. The van der Waals surface area contributed by atoms with Crippen LogP contribution in [0.25, 0.3) is 0 Å². The Bertz CT molecular complexity index is 431. The van der Waals surface area contributed by atoms with E-state index in [9.17, 15) is 9.59 Å². The minimum atomic E-state index is -0.940. The van der Waals surface area contributed by atoms with E-state index in [1.54, 1.807) is 36.0 Å². The van der Waals surface area contributed by atoms with Gasteiger partial charge in [-0.3, -0.25) is 4.79 Å². The zero-order valence-corrected chi connectivity index (χ0v) is 12.5. The molecule has 2 N–H and O–H groups in total. The topological polar surface area (TPSA) is 66.4 Å². The van der Waals surface area contributed by atoms with Crippen molar-refractivity contribution >= 4 is 23.6 Å². The molecule has 0 heterocycles. The van der Waals surface area contributed by atoms with Crippen LogP contribution in [0.5, 0.6) is 0 Å². The number of carboxylic acid groups (broad SMARTS) is 1. The number of benzene rings is 1. The van der Waals surface area contributed by atoms with Gasteiger partial charge in [0.1, 0.15) is 0 Å². The first-order valence-electron chi connectivity index (χ1n) is 6.80. The smallest absolute Gasteiger partial charge is 0.335 e. The number of amides is 1. The molecule has 5 heteroatoms. The highest BCUT2D eigenvalue weighted by molar-refractivity contribution is 7.99. The van der Waals surface area contributed by atoms with Crippen molar-refractivity contribution in [2.45, 2.75) is 32.7 Å². The van der Waals surface area contributed by atoms with Crippen molar-refractivity contribution in [2.75, 3.05) is 11.5 Å². The lowest BCUT2D eigenvalue weighted by Gasteiger charge is -2.05. The predicted molar refractivity (Wildman–Crippen MR) is 82.1 cm³/mol. The SMILES string of the molecule is CCCCSCCC(=O)NCc1ccc(C(=O)O)cc1. The van der Waals surface area contributed by atoms with Crippen LogP contribution in [0.15, 0.2) is 24.3 Å². The number of carbonyl (C=O) groups is 2. The molecule has 1 aromatic carbocycles. The molecular weight excluding hydrogens is 274 g/mol. The fraction of sp³-hybridized carbons (Fsp3) is 0.467. The number of thioether (sulfide) groups is 1. The van der Waals surface area contributed by atoms with E-state index in [0.717, 1.165) is 17.1 Å². The average Bonchev–Trinajstić information content (AvgIpc) is 2.45. The first kappa shape index (κ1) is 16.6. The Hall–Kier alpha value is -1.49. The van der Waals surface area contributed by atoms with Crippen molar-refractivity contribution < 1.29 is 14.7 Å². The molecule has 20 heavy (non-hydrogen) atoms. The molecule has 110 valence electrons. The first-order chi connectivity index (χ1) is 9.63. The van der Waals surface area contributed by atoms with E-state index >= 15 is 0 Å². The van der Waals surface area contributed by atoms with E-state index in [4.69, 9.17) is 5.11 Å². The fourth-order valence-electron chi connectivity index (χ4n) is 1.57. The Balaban J connectivity index is 2.22. The second-order valence-corrected chi connectivity index (χ2v) is 5.72. The molecule has 0 fully saturated rings. The van der Waals surface area contributed by atoms with Crippen LogP contribution in [0.1, 0.15) is 42.1 Å². The largest absolute Gasteiger partial charge is 0.478 e. The monoisotopic (exact) mass is 295 g/mol. The van der Waals surface area contributed by atoms with Crippen LogP contribution in [0, 0.1) is 0 Å². The predicted octanol–water partition coefficient (Wildman–Crippen LogP) is 2.92. The van der Waals surface area contributed by atoms with Crippen LogP contribution >= 0.6 is 11.8 Å². The molecule has 1 aromatic rings. The lowest BCUT2D eigenvalue weighted by Crippen LogP contribution is -2.23. The highest BCUT2D eigenvalue weighted by Crippen LogP contribution is 2.07. The number of rotatable bonds is 9. The van der Waals surface area contributed by atoms with Gasteiger partial charge in [0.2, 0.25) is 5.91 Å². The summed E-state index contributed by atoms with van der Waals surface area (Å²) in [5.74, 6) is 1.06. The summed E-state index contributed by atoms with van der Waals surface area (Å²) in [5.41, 5.74) is 1.16. The summed E-state index contributed by atoms with van der Waals surface area (Å²) in [4.78, 5) is 22.3. The fourth-order valence-corrected chi connectivity index (χ4v) is 2.59. The number of nitrogens with one attached hydrogen (secondary N) is 1. The average molecular weight is 295 g/mol. The number of carbonyl (C=O) groups excluding carboxylic acids is 1. The highest BCUT2D eigenvalue weighted by Gasteiger charge is 2.04. The second-order valence-electron chi connectivity index (χ2n) is 4.49. The van der Waals surface area contributed by atoms with E-state index in [0.29, 0.717) is 13.0 Å². The molecule has 0 aliphatic rings. The normalized spacial score (nSPS) is 10.2. The van der Waals surface area contributed by atoms with Crippen LogP contribution in [0.3, 0.4) is 0 Å². The minimum absolute atomic E-state index is 0.0382. The van der Waals surface area contributed by atoms with Gasteiger partial charge in [0.05, 0.1) is 5.56 Å². The summed E-state index contributed by atoms with van der Waals surface area (Å²) in [6, 6.07) is 6.54. The van der Waals surface area contributed by atoms with Gasteiger partial charge < -0.3 is 10.4 Å².